The molecule has 0 aliphatic rings. The quantitative estimate of drug-likeness (QED) is 0.568. The van der Waals surface area contributed by atoms with Crippen molar-refractivity contribution in [3.63, 3.8) is 0 Å². The van der Waals surface area contributed by atoms with Gasteiger partial charge in [0.25, 0.3) is 0 Å². The number of guanidine groups is 1. The van der Waals surface area contributed by atoms with E-state index in [1.165, 1.54) is 22.3 Å². The van der Waals surface area contributed by atoms with E-state index in [9.17, 15) is 0 Å². The summed E-state index contributed by atoms with van der Waals surface area (Å²) in [6.07, 6.45) is 0. The minimum absolute atomic E-state index is 0.651. The topological polar surface area (TPSA) is 45.7 Å². The molecule has 0 aliphatic carbocycles. The van der Waals surface area contributed by atoms with Crippen LogP contribution in [0.1, 0.15) is 36.1 Å². The Morgan fingerprint density at radius 3 is 2.36 bits per heavy atom. The van der Waals surface area contributed by atoms with Gasteiger partial charge in [-0.1, -0.05) is 48.5 Å². The van der Waals surface area contributed by atoms with Crippen LogP contribution in [0.25, 0.3) is 0 Å². The van der Waals surface area contributed by atoms with Gasteiger partial charge in [-0.25, -0.2) is 4.99 Å². The Hall–Kier alpha value is -2.33. The average Bonchev–Trinajstić information content (AvgIpc) is 2.64. The van der Waals surface area contributed by atoms with Crippen molar-refractivity contribution in [3.8, 4) is 0 Å². The van der Waals surface area contributed by atoms with Crippen molar-refractivity contribution in [2.75, 3.05) is 13.2 Å². The maximum absolute atomic E-state index is 5.43. The van der Waals surface area contributed by atoms with E-state index >= 15 is 0 Å². The van der Waals surface area contributed by atoms with Gasteiger partial charge >= 0.3 is 0 Å². The molecule has 0 fully saturated rings. The van der Waals surface area contributed by atoms with Gasteiger partial charge in [0.1, 0.15) is 0 Å². The predicted octanol–water partition coefficient (Wildman–Crippen LogP) is 3.79. The van der Waals surface area contributed by atoms with Crippen LogP contribution in [0.4, 0.5) is 0 Å². The van der Waals surface area contributed by atoms with Gasteiger partial charge in [0.05, 0.1) is 13.2 Å². The summed E-state index contributed by atoms with van der Waals surface area (Å²) < 4.78 is 5.43. The average molecular weight is 339 g/mol. The van der Waals surface area contributed by atoms with Gasteiger partial charge in [0, 0.05) is 19.7 Å². The first kappa shape index (κ1) is 19.0. The van der Waals surface area contributed by atoms with Crippen LogP contribution in [-0.2, 0) is 24.4 Å². The summed E-state index contributed by atoms with van der Waals surface area (Å²) in [7, 11) is 0. The number of nitrogens with one attached hydrogen (secondary N) is 2. The van der Waals surface area contributed by atoms with Gasteiger partial charge in [-0.3, -0.25) is 0 Å². The van der Waals surface area contributed by atoms with Crippen molar-refractivity contribution in [2.24, 2.45) is 4.99 Å². The minimum Gasteiger partial charge on any atom is -0.377 e. The summed E-state index contributed by atoms with van der Waals surface area (Å²) in [5, 5.41) is 6.71. The molecule has 0 atom stereocenters. The smallest absolute Gasteiger partial charge is 0.191 e. The molecule has 0 radical (unpaired) electrons. The lowest BCUT2D eigenvalue weighted by atomic mass is 10.1. The molecule has 0 bridgehead atoms. The van der Waals surface area contributed by atoms with Crippen LogP contribution in [-0.4, -0.2) is 19.1 Å². The minimum atomic E-state index is 0.651. The third kappa shape index (κ3) is 6.59. The highest BCUT2D eigenvalue weighted by molar-refractivity contribution is 5.79. The highest BCUT2D eigenvalue weighted by atomic mass is 16.5. The van der Waals surface area contributed by atoms with Crippen LogP contribution in [0, 0.1) is 6.92 Å². The van der Waals surface area contributed by atoms with Crippen LogP contribution >= 0.6 is 0 Å². The number of hydrogen-bond donors (Lipinski definition) is 2. The van der Waals surface area contributed by atoms with E-state index in [0.717, 1.165) is 25.7 Å². The molecule has 0 spiro atoms. The number of hydrogen-bond acceptors (Lipinski definition) is 2. The van der Waals surface area contributed by atoms with Crippen molar-refractivity contribution >= 4 is 5.96 Å². The van der Waals surface area contributed by atoms with E-state index in [0.29, 0.717) is 13.2 Å². The van der Waals surface area contributed by atoms with Crippen molar-refractivity contribution in [1.82, 2.24) is 10.6 Å². The SMILES string of the molecule is CCNC(=NCc1ccc(COCC)cc1)NCc1ccccc1C. The molecule has 25 heavy (non-hydrogen) atoms. The lowest BCUT2D eigenvalue weighted by molar-refractivity contribution is 0.134. The molecule has 4 nitrogen and oxygen atoms in total. The van der Waals surface area contributed by atoms with Gasteiger partial charge in [0.15, 0.2) is 5.96 Å². The fourth-order valence-electron chi connectivity index (χ4n) is 2.46. The molecule has 0 saturated heterocycles. The largest absolute Gasteiger partial charge is 0.377 e. The van der Waals surface area contributed by atoms with Crippen molar-refractivity contribution < 1.29 is 4.74 Å². The maximum Gasteiger partial charge on any atom is 0.191 e. The van der Waals surface area contributed by atoms with Crippen LogP contribution in [0.5, 0.6) is 0 Å². The first-order chi connectivity index (χ1) is 12.2. The van der Waals surface area contributed by atoms with E-state index < -0.39 is 0 Å². The van der Waals surface area contributed by atoms with Gasteiger partial charge < -0.3 is 15.4 Å². The molecular weight excluding hydrogens is 310 g/mol. The summed E-state index contributed by atoms with van der Waals surface area (Å²) in [6.45, 7) is 9.88. The summed E-state index contributed by atoms with van der Waals surface area (Å²) in [6, 6.07) is 16.8. The number of benzene rings is 2. The van der Waals surface area contributed by atoms with E-state index in [1.54, 1.807) is 0 Å². The lowest BCUT2D eigenvalue weighted by Gasteiger charge is -2.13. The highest BCUT2D eigenvalue weighted by Gasteiger charge is 2.01. The second kappa shape index (κ2) is 10.5. The Balaban J connectivity index is 1.93. The third-order valence-corrected chi connectivity index (χ3v) is 3.97. The molecule has 134 valence electrons. The zero-order valence-electron chi connectivity index (χ0n) is 15.5. The fraction of sp³-hybridized carbons (Fsp3) is 0.381. The first-order valence-corrected chi connectivity index (χ1v) is 8.95. The van der Waals surface area contributed by atoms with Crippen molar-refractivity contribution in [1.29, 1.82) is 0 Å². The Kier molecular flexibility index (Phi) is 7.99. The molecule has 4 heteroatoms. The highest BCUT2D eigenvalue weighted by Crippen LogP contribution is 2.08. The Labute approximate surface area is 151 Å². The zero-order valence-corrected chi connectivity index (χ0v) is 15.5. The second-order valence-electron chi connectivity index (χ2n) is 5.93. The van der Waals surface area contributed by atoms with Crippen LogP contribution in [0.2, 0.25) is 0 Å². The van der Waals surface area contributed by atoms with Gasteiger partial charge in [-0.2, -0.15) is 0 Å². The summed E-state index contributed by atoms with van der Waals surface area (Å²) in [4.78, 5) is 4.68. The molecule has 0 aliphatic heterocycles. The van der Waals surface area contributed by atoms with E-state index in [2.05, 4.69) is 78.0 Å². The lowest BCUT2D eigenvalue weighted by Crippen LogP contribution is -2.36. The second-order valence-corrected chi connectivity index (χ2v) is 5.93. The molecule has 0 saturated carbocycles. The molecule has 0 aromatic heterocycles. The van der Waals surface area contributed by atoms with Gasteiger partial charge in [0.2, 0.25) is 0 Å². The predicted molar refractivity (Wildman–Crippen MR) is 105 cm³/mol. The van der Waals surface area contributed by atoms with E-state index in [1.807, 2.05) is 6.92 Å². The molecule has 2 rings (SSSR count). The van der Waals surface area contributed by atoms with Crippen molar-refractivity contribution in [3.05, 3.63) is 70.8 Å². The van der Waals surface area contributed by atoms with Crippen LogP contribution in [0.15, 0.2) is 53.5 Å². The number of rotatable bonds is 8. The monoisotopic (exact) mass is 339 g/mol. The molecule has 2 N–H and O–H groups in total. The van der Waals surface area contributed by atoms with Gasteiger partial charge in [-0.05, 0) is 43.0 Å². The van der Waals surface area contributed by atoms with E-state index in [4.69, 9.17) is 4.74 Å². The standard InChI is InChI=1S/C21H29N3O/c1-4-22-21(24-15-20-9-7-6-8-17(20)3)23-14-18-10-12-19(13-11-18)16-25-5-2/h6-13H,4-5,14-16H2,1-3H3,(H2,22,23,24). The molecular formula is C21H29N3O. The number of aliphatic imine (C=N–C) groups is 1. The molecule has 2 aromatic carbocycles. The van der Waals surface area contributed by atoms with Crippen molar-refractivity contribution in [2.45, 2.75) is 40.5 Å². The molecule has 0 heterocycles. The number of nitrogens with zero attached hydrogens (tertiary/aromatic N) is 1. The third-order valence-electron chi connectivity index (χ3n) is 3.97. The Bertz CT molecular complexity index is 665. The zero-order chi connectivity index (χ0) is 17.9. The van der Waals surface area contributed by atoms with E-state index in [-0.39, 0.29) is 0 Å². The van der Waals surface area contributed by atoms with Gasteiger partial charge in [-0.15, -0.1) is 0 Å². The molecule has 2 aromatic rings. The summed E-state index contributed by atoms with van der Waals surface area (Å²) in [5.74, 6) is 0.837. The number of ether oxygens (including phenoxy) is 1. The van der Waals surface area contributed by atoms with Crippen LogP contribution in [0.3, 0.4) is 0 Å². The Morgan fingerprint density at radius 1 is 0.960 bits per heavy atom. The van der Waals surface area contributed by atoms with Crippen LogP contribution < -0.4 is 10.6 Å². The normalized spacial score (nSPS) is 11.4. The molecule has 0 unspecified atom stereocenters. The fourth-order valence-corrected chi connectivity index (χ4v) is 2.46. The summed E-state index contributed by atoms with van der Waals surface area (Å²) in [5.41, 5.74) is 4.96. The first-order valence-electron chi connectivity index (χ1n) is 8.95. The summed E-state index contributed by atoms with van der Waals surface area (Å²) >= 11 is 0. The Morgan fingerprint density at radius 2 is 1.68 bits per heavy atom. The molecule has 0 amide bonds. The number of aryl methyl sites for hydroxylation is 1. The maximum atomic E-state index is 5.43.